The molecule has 0 saturated heterocycles. The van der Waals surface area contributed by atoms with Crippen molar-refractivity contribution < 1.29 is 0 Å². The van der Waals surface area contributed by atoms with Crippen LogP contribution in [-0.2, 0) is 0 Å². The van der Waals surface area contributed by atoms with Gasteiger partial charge in [0.05, 0.1) is 6.04 Å². The fourth-order valence-electron chi connectivity index (χ4n) is 3.92. The first kappa shape index (κ1) is 15.8. The first-order chi connectivity index (χ1) is 9.49. The first-order valence-electron chi connectivity index (χ1n) is 7.60. The number of likely N-dealkylation sites (N-methyl/N-ethyl adjacent to an activating group) is 2. The maximum absolute atomic E-state index is 6.20. The van der Waals surface area contributed by atoms with Crippen molar-refractivity contribution in [3.8, 4) is 0 Å². The third-order valence-corrected chi connectivity index (χ3v) is 5.14. The van der Waals surface area contributed by atoms with E-state index >= 15 is 0 Å². The van der Waals surface area contributed by atoms with Crippen LogP contribution < -0.4 is 5.32 Å². The fourth-order valence-corrected chi connectivity index (χ4v) is 4.12. The van der Waals surface area contributed by atoms with E-state index in [4.69, 9.17) is 11.6 Å². The summed E-state index contributed by atoms with van der Waals surface area (Å²) in [5, 5.41) is 4.38. The third kappa shape index (κ3) is 3.03. The molecule has 0 spiro atoms. The molecule has 1 aliphatic rings. The molecule has 1 saturated carbocycles. The van der Waals surface area contributed by atoms with Crippen molar-refractivity contribution >= 4 is 11.6 Å². The van der Waals surface area contributed by atoms with Crippen LogP contribution in [0.1, 0.15) is 44.2 Å². The Bertz CT molecular complexity index is 446. The summed E-state index contributed by atoms with van der Waals surface area (Å²) in [4.78, 5) is 2.42. The lowest BCUT2D eigenvalue weighted by atomic mass is 9.69. The van der Waals surface area contributed by atoms with Crippen molar-refractivity contribution in [3.63, 3.8) is 0 Å². The zero-order valence-corrected chi connectivity index (χ0v) is 13.9. The summed E-state index contributed by atoms with van der Waals surface area (Å²) in [5.41, 5.74) is 1.47. The van der Waals surface area contributed by atoms with Gasteiger partial charge in [-0.2, -0.15) is 0 Å². The van der Waals surface area contributed by atoms with Gasteiger partial charge >= 0.3 is 0 Å². The Morgan fingerprint density at radius 1 is 1.40 bits per heavy atom. The average Bonchev–Trinajstić information content (AvgIpc) is 2.39. The summed E-state index contributed by atoms with van der Waals surface area (Å²) >= 11 is 6.20. The molecule has 0 bridgehead atoms. The molecule has 20 heavy (non-hydrogen) atoms. The Morgan fingerprint density at radius 2 is 2.15 bits per heavy atom. The maximum Gasteiger partial charge on any atom is 0.0505 e. The van der Waals surface area contributed by atoms with Gasteiger partial charge < -0.3 is 10.2 Å². The van der Waals surface area contributed by atoms with E-state index < -0.39 is 0 Å². The number of hydrogen-bond donors (Lipinski definition) is 1. The Kier molecular flexibility index (Phi) is 5.11. The van der Waals surface area contributed by atoms with E-state index in [0.717, 1.165) is 10.9 Å². The summed E-state index contributed by atoms with van der Waals surface area (Å²) in [5.74, 6) is 0.779. The highest BCUT2D eigenvalue weighted by Gasteiger charge is 2.43. The Balaban J connectivity index is 2.40. The van der Waals surface area contributed by atoms with Gasteiger partial charge in [-0.15, -0.1) is 0 Å². The van der Waals surface area contributed by atoms with Crippen molar-refractivity contribution in [3.05, 3.63) is 34.9 Å². The molecule has 0 aliphatic heterocycles. The standard InChI is InChI=1S/C17H27ClN2/c1-13-7-6-10-17(12-13,20(3)4)16(19-2)14-8-5-9-15(18)11-14/h5,8-9,11,13,16,19H,6-7,10,12H2,1-4H3. The molecule has 0 amide bonds. The molecule has 1 aromatic carbocycles. The zero-order valence-electron chi connectivity index (χ0n) is 13.1. The largest absolute Gasteiger partial charge is 0.311 e. The summed E-state index contributed by atoms with van der Waals surface area (Å²) < 4.78 is 0. The van der Waals surface area contributed by atoms with Gasteiger partial charge in [-0.05, 0) is 57.6 Å². The smallest absolute Gasteiger partial charge is 0.0505 e. The summed E-state index contributed by atoms with van der Waals surface area (Å²) in [6.07, 6.45) is 5.13. The van der Waals surface area contributed by atoms with E-state index in [2.05, 4.69) is 56.5 Å². The van der Waals surface area contributed by atoms with Gasteiger partial charge in [0.1, 0.15) is 0 Å². The van der Waals surface area contributed by atoms with E-state index in [9.17, 15) is 0 Å². The SMILES string of the molecule is CNC(c1cccc(Cl)c1)C1(N(C)C)CCCC(C)C1. The molecular formula is C17H27ClN2. The van der Waals surface area contributed by atoms with E-state index in [1.807, 2.05) is 6.07 Å². The van der Waals surface area contributed by atoms with Crippen LogP contribution in [0.15, 0.2) is 24.3 Å². The van der Waals surface area contributed by atoms with Gasteiger partial charge in [0.15, 0.2) is 0 Å². The highest BCUT2D eigenvalue weighted by molar-refractivity contribution is 6.30. The lowest BCUT2D eigenvalue weighted by Gasteiger charge is -2.50. The number of halogens is 1. The van der Waals surface area contributed by atoms with Gasteiger partial charge in [0.25, 0.3) is 0 Å². The van der Waals surface area contributed by atoms with Crippen molar-refractivity contribution in [2.45, 2.75) is 44.2 Å². The average molecular weight is 295 g/mol. The topological polar surface area (TPSA) is 15.3 Å². The summed E-state index contributed by atoms with van der Waals surface area (Å²) in [6, 6.07) is 8.62. The molecule has 112 valence electrons. The molecule has 3 unspecified atom stereocenters. The number of nitrogens with zero attached hydrogens (tertiary/aromatic N) is 1. The molecule has 1 aliphatic carbocycles. The Hall–Kier alpha value is -0.570. The second-order valence-electron chi connectivity index (χ2n) is 6.48. The maximum atomic E-state index is 6.20. The van der Waals surface area contributed by atoms with Gasteiger partial charge in [0.2, 0.25) is 0 Å². The highest BCUT2D eigenvalue weighted by atomic mass is 35.5. The molecule has 0 radical (unpaired) electrons. The van der Waals surface area contributed by atoms with Crippen LogP contribution in [0.5, 0.6) is 0 Å². The quantitative estimate of drug-likeness (QED) is 0.899. The van der Waals surface area contributed by atoms with Crippen LogP contribution in [-0.4, -0.2) is 31.6 Å². The van der Waals surface area contributed by atoms with Crippen LogP contribution in [0.3, 0.4) is 0 Å². The van der Waals surface area contributed by atoms with Gasteiger partial charge in [-0.25, -0.2) is 0 Å². The Labute approximate surface area is 128 Å². The fraction of sp³-hybridized carbons (Fsp3) is 0.647. The van der Waals surface area contributed by atoms with E-state index in [1.165, 1.54) is 31.2 Å². The second-order valence-corrected chi connectivity index (χ2v) is 6.91. The minimum absolute atomic E-state index is 0.178. The third-order valence-electron chi connectivity index (χ3n) is 4.91. The summed E-state index contributed by atoms with van der Waals surface area (Å²) in [7, 11) is 6.50. The van der Waals surface area contributed by atoms with Crippen LogP contribution in [0.25, 0.3) is 0 Å². The van der Waals surface area contributed by atoms with Crippen molar-refractivity contribution in [2.24, 2.45) is 5.92 Å². The molecule has 0 aromatic heterocycles. The highest BCUT2D eigenvalue weighted by Crippen LogP contribution is 2.44. The molecular weight excluding hydrogens is 268 g/mol. The van der Waals surface area contributed by atoms with Gasteiger partial charge in [-0.3, -0.25) is 0 Å². The van der Waals surface area contributed by atoms with Crippen LogP contribution in [0.4, 0.5) is 0 Å². The van der Waals surface area contributed by atoms with Crippen LogP contribution >= 0.6 is 11.6 Å². The monoisotopic (exact) mass is 294 g/mol. The normalized spacial score (nSPS) is 28.6. The minimum Gasteiger partial charge on any atom is -0.311 e. The molecule has 1 N–H and O–H groups in total. The second kappa shape index (κ2) is 6.46. The van der Waals surface area contributed by atoms with E-state index in [-0.39, 0.29) is 5.54 Å². The molecule has 1 aromatic rings. The Morgan fingerprint density at radius 3 is 2.70 bits per heavy atom. The van der Waals surface area contributed by atoms with Crippen molar-refractivity contribution in [1.29, 1.82) is 0 Å². The predicted octanol–water partition coefficient (Wildman–Crippen LogP) is 4.11. The van der Waals surface area contributed by atoms with E-state index in [1.54, 1.807) is 0 Å². The molecule has 0 heterocycles. The number of benzene rings is 1. The van der Waals surface area contributed by atoms with Crippen molar-refractivity contribution in [1.82, 2.24) is 10.2 Å². The lowest BCUT2D eigenvalue weighted by Crippen LogP contribution is -2.55. The molecule has 1 fully saturated rings. The lowest BCUT2D eigenvalue weighted by molar-refractivity contribution is 0.0393. The number of nitrogens with one attached hydrogen (secondary N) is 1. The van der Waals surface area contributed by atoms with Crippen LogP contribution in [0.2, 0.25) is 5.02 Å². The molecule has 2 nitrogen and oxygen atoms in total. The molecule has 3 heteroatoms. The minimum atomic E-state index is 0.178. The molecule has 2 rings (SSSR count). The number of rotatable bonds is 4. The van der Waals surface area contributed by atoms with Gasteiger partial charge in [-0.1, -0.05) is 43.5 Å². The molecule has 3 atom stereocenters. The van der Waals surface area contributed by atoms with E-state index in [0.29, 0.717) is 6.04 Å². The first-order valence-corrected chi connectivity index (χ1v) is 7.97. The van der Waals surface area contributed by atoms with Gasteiger partial charge in [0, 0.05) is 10.6 Å². The summed E-state index contributed by atoms with van der Waals surface area (Å²) in [6.45, 7) is 2.38. The zero-order chi connectivity index (χ0) is 14.8. The van der Waals surface area contributed by atoms with Crippen LogP contribution in [0, 0.1) is 5.92 Å². The number of hydrogen-bond acceptors (Lipinski definition) is 2. The van der Waals surface area contributed by atoms with Crippen molar-refractivity contribution in [2.75, 3.05) is 21.1 Å². The predicted molar refractivity (Wildman–Crippen MR) is 87.3 cm³/mol.